The van der Waals surface area contributed by atoms with Gasteiger partial charge in [0, 0.05) is 6.20 Å². The van der Waals surface area contributed by atoms with Crippen molar-refractivity contribution in [2.75, 3.05) is 4.72 Å². The number of aryl methyl sites for hydroxylation is 1. The summed E-state index contributed by atoms with van der Waals surface area (Å²) in [6.07, 6.45) is 1.45. The minimum atomic E-state index is -4.21. The quantitative estimate of drug-likeness (QED) is 0.427. The van der Waals surface area contributed by atoms with Crippen LogP contribution in [0.15, 0.2) is 18.3 Å². The maximum Gasteiger partial charge on any atom is 1.00 e. The van der Waals surface area contributed by atoms with Crippen LogP contribution in [0.2, 0.25) is 0 Å². The van der Waals surface area contributed by atoms with Gasteiger partial charge in [0.2, 0.25) is 0 Å². The molecule has 1 rings (SSSR count). The van der Waals surface area contributed by atoms with E-state index in [0.717, 1.165) is 5.56 Å². The Morgan fingerprint density at radius 2 is 2.23 bits per heavy atom. The summed E-state index contributed by atoms with van der Waals surface area (Å²) >= 11 is 0. The van der Waals surface area contributed by atoms with E-state index in [0.29, 0.717) is 0 Å². The second-order valence-corrected chi connectivity index (χ2v) is 3.45. The molecule has 0 unspecified atom stereocenters. The Bertz CT molecular complexity index is 384. The second-order valence-electron chi connectivity index (χ2n) is 2.30. The number of rotatable bonds is 2. The third-order valence-electron chi connectivity index (χ3n) is 1.15. The first-order valence-electron chi connectivity index (χ1n) is 3.15. The minimum absolute atomic E-state index is 0. The standard InChI is InChI=1S/C6H8N2O3S.Na.H/c1-5-2-3-7-6(4-5)8-12(9,10)11;;/h2-4H,1H3,(H,7,8)(H,9,10,11);;/q;+1;-1. The molecule has 0 saturated carbocycles. The fourth-order valence-electron chi connectivity index (χ4n) is 0.724. The molecular formula is C6H9N2NaO3S. The van der Waals surface area contributed by atoms with E-state index < -0.39 is 10.3 Å². The van der Waals surface area contributed by atoms with E-state index in [1.807, 2.05) is 4.72 Å². The van der Waals surface area contributed by atoms with Crippen LogP contribution in [0, 0.1) is 6.92 Å². The molecule has 0 atom stereocenters. The first kappa shape index (κ1) is 12.9. The van der Waals surface area contributed by atoms with Crippen LogP contribution >= 0.6 is 0 Å². The first-order chi connectivity index (χ1) is 5.47. The predicted octanol–water partition coefficient (Wildman–Crippen LogP) is -2.28. The van der Waals surface area contributed by atoms with Crippen molar-refractivity contribution in [3.05, 3.63) is 23.9 Å². The zero-order chi connectivity index (χ0) is 9.19. The number of nitrogens with one attached hydrogen (secondary N) is 1. The van der Waals surface area contributed by atoms with Crippen molar-refractivity contribution in [1.29, 1.82) is 0 Å². The maximum absolute atomic E-state index is 10.3. The van der Waals surface area contributed by atoms with E-state index >= 15 is 0 Å². The van der Waals surface area contributed by atoms with Crippen molar-refractivity contribution in [2.45, 2.75) is 6.92 Å². The summed E-state index contributed by atoms with van der Waals surface area (Å²) < 4.78 is 30.9. The molecule has 5 nitrogen and oxygen atoms in total. The summed E-state index contributed by atoms with van der Waals surface area (Å²) in [5.41, 5.74) is 0.858. The van der Waals surface area contributed by atoms with Gasteiger partial charge >= 0.3 is 39.9 Å². The fourth-order valence-corrected chi connectivity index (χ4v) is 1.10. The molecule has 0 aliphatic heterocycles. The number of anilines is 1. The van der Waals surface area contributed by atoms with Crippen LogP contribution < -0.4 is 34.3 Å². The molecule has 0 aliphatic carbocycles. The van der Waals surface area contributed by atoms with Crippen LogP contribution in [0.4, 0.5) is 5.82 Å². The number of aromatic nitrogens is 1. The topological polar surface area (TPSA) is 79.3 Å². The van der Waals surface area contributed by atoms with E-state index in [1.54, 1.807) is 13.0 Å². The summed E-state index contributed by atoms with van der Waals surface area (Å²) in [6, 6.07) is 3.23. The molecule has 0 spiro atoms. The molecule has 2 N–H and O–H groups in total. The molecule has 7 heteroatoms. The molecule has 1 aromatic rings. The van der Waals surface area contributed by atoms with E-state index in [1.165, 1.54) is 12.3 Å². The van der Waals surface area contributed by atoms with Crippen LogP contribution in [0.1, 0.15) is 6.99 Å². The van der Waals surface area contributed by atoms with E-state index in [2.05, 4.69) is 4.98 Å². The van der Waals surface area contributed by atoms with Gasteiger partial charge in [0.05, 0.1) is 0 Å². The van der Waals surface area contributed by atoms with Gasteiger partial charge in [0.25, 0.3) is 0 Å². The minimum Gasteiger partial charge on any atom is -1.00 e. The van der Waals surface area contributed by atoms with Gasteiger partial charge in [-0.2, -0.15) is 8.42 Å². The summed E-state index contributed by atoms with van der Waals surface area (Å²) in [7, 11) is -4.21. The molecule has 13 heavy (non-hydrogen) atoms. The molecule has 0 radical (unpaired) electrons. The molecular weight excluding hydrogens is 203 g/mol. The fraction of sp³-hybridized carbons (Fsp3) is 0.167. The molecule has 0 saturated heterocycles. The third-order valence-corrected chi connectivity index (χ3v) is 1.62. The summed E-state index contributed by atoms with van der Waals surface area (Å²) in [4.78, 5) is 3.67. The molecule has 0 aromatic carbocycles. The van der Waals surface area contributed by atoms with Crippen molar-refractivity contribution in [1.82, 2.24) is 4.98 Å². The van der Waals surface area contributed by atoms with E-state index in [9.17, 15) is 8.42 Å². The third kappa shape index (κ3) is 5.22. The Balaban J connectivity index is 0. The van der Waals surface area contributed by atoms with Crippen LogP contribution in [-0.2, 0) is 10.3 Å². The number of pyridine rings is 1. The van der Waals surface area contributed by atoms with Crippen LogP contribution in [0.3, 0.4) is 0 Å². The van der Waals surface area contributed by atoms with Gasteiger partial charge < -0.3 is 1.43 Å². The number of nitrogens with zero attached hydrogens (tertiary/aromatic N) is 1. The van der Waals surface area contributed by atoms with Gasteiger partial charge in [-0.1, -0.05) is 0 Å². The molecule has 0 bridgehead atoms. The molecule has 1 heterocycles. The van der Waals surface area contributed by atoms with E-state index in [-0.39, 0.29) is 36.8 Å². The Labute approximate surface area is 100 Å². The summed E-state index contributed by atoms with van der Waals surface area (Å²) in [5, 5.41) is 0. The van der Waals surface area contributed by atoms with Gasteiger partial charge in [-0.15, -0.1) is 0 Å². The van der Waals surface area contributed by atoms with E-state index in [4.69, 9.17) is 4.55 Å². The first-order valence-corrected chi connectivity index (χ1v) is 4.59. The molecule has 68 valence electrons. The van der Waals surface area contributed by atoms with Crippen molar-refractivity contribution >= 4 is 16.1 Å². The summed E-state index contributed by atoms with van der Waals surface area (Å²) in [6.45, 7) is 1.79. The zero-order valence-corrected chi connectivity index (χ0v) is 10.2. The van der Waals surface area contributed by atoms with Gasteiger partial charge in [0.1, 0.15) is 5.82 Å². The zero-order valence-electron chi connectivity index (χ0n) is 8.35. The van der Waals surface area contributed by atoms with Crippen LogP contribution in [-0.4, -0.2) is 18.0 Å². The Hall–Kier alpha value is -0.140. The Kier molecular flexibility index (Phi) is 4.87. The predicted molar refractivity (Wildman–Crippen MR) is 45.3 cm³/mol. The number of hydrogen-bond donors (Lipinski definition) is 2. The number of hydrogen-bond acceptors (Lipinski definition) is 3. The molecule has 0 amide bonds. The van der Waals surface area contributed by atoms with Crippen molar-refractivity contribution in [3.63, 3.8) is 0 Å². The van der Waals surface area contributed by atoms with Gasteiger partial charge in [-0.3, -0.25) is 4.55 Å². The molecule has 0 aliphatic rings. The Morgan fingerprint density at radius 1 is 1.62 bits per heavy atom. The second kappa shape index (κ2) is 4.92. The van der Waals surface area contributed by atoms with Crippen LogP contribution in [0.25, 0.3) is 0 Å². The van der Waals surface area contributed by atoms with Gasteiger partial charge in [-0.05, 0) is 24.6 Å². The largest absolute Gasteiger partial charge is 1.00 e. The Morgan fingerprint density at radius 3 is 2.69 bits per heavy atom. The summed E-state index contributed by atoms with van der Waals surface area (Å²) in [5.74, 6) is 0.109. The van der Waals surface area contributed by atoms with Crippen molar-refractivity contribution in [2.24, 2.45) is 0 Å². The molecule has 1 aromatic heterocycles. The van der Waals surface area contributed by atoms with Gasteiger partial charge in [-0.25, -0.2) is 9.71 Å². The van der Waals surface area contributed by atoms with Gasteiger partial charge in [0.15, 0.2) is 0 Å². The average Bonchev–Trinajstić information content (AvgIpc) is 1.82. The van der Waals surface area contributed by atoms with Crippen LogP contribution in [0.5, 0.6) is 0 Å². The monoisotopic (exact) mass is 212 g/mol. The average molecular weight is 212 g/mol. The molecule has 0 fully saturated rings. The smallest absolute Gasteiger partial charge is 1.00 e. The normalized spacial score (nSPS) is 10.3. The SMILES string of the molecule is Cc1ccnc(NS(=O)(=O)O)c1.[H-].[Na+]. The van der Waals surface area contributed by atoms with Crippen molar-refractivity contribution < 1.29 is 44.0 Å². The maximum atomic E-state index is 10.3. The van der Waals surface area contributed by atoms with Crippen molar-refractivity contribution in [3.8, 4) is 0 Å².